The van der Waals surface area contributed by atoms with E-state index < -0.39 is 5.67 Å². The highest BCUT2D eigenvalue weighted by atomic mass is 79.9. The molecule has 1 N–H and O–H groups in total. The summed E-state index contributed by atoms with van der Waals surface area (Å²) in [4.78, 5) is 0. The van der Waals surface area contributed by atoms with Crippen LogP contribution in [-0.2, 0) is 13.0 Å². The Labute approximate surface area is 97.2 Å². The smallest absolute Gasteiger partial charge is 0.141 e. The predicted octanol–water partition coefficient (Wildman–Crippen LogP) is 1.83. The van der Waals surface area contributed by atoms with Crippen molar-refractivity contribution >= 4 is 15.9 Å². The first kappa shape index (κ1) is 11.1. The van der Waals surface area contributed by atoms with E-state index in [9.17, 15) is 4.39 Å². The van der Waals surface area contributed by atoms with Gasteiger partial charge in [-0.3, -0.25) is 4.68 Å². The van der Waals surface area contributed by atoms with Gasteiger partial charge in [0, 0.05) is 26.1 Å². The van der Waals surface area contributed by atoms with Gasteiger partial charge in [-0.1, -0.05) is 0 Å². The van der Waals surface area contributed by atoms with Gasteiger partial charge in [0.15, 0.2) is 0 Å². The molecule has 1 aromatic rings. The molecule has 0 spiro atoms. The summed E-state index contributed by atoms with van der Waals surface area (Å²) < 4.78 is 16.8. The molecular formula is C10H15BrFN3. The molecule has 0 radical (unpaired) electrons. The number of nitrogens with one attached hydrogen (secondary N) is 1. The summed E-state index contributed by atoms with van der Waals surface area (Å²) in [6.45, 7) is 5.64. The topological polar surface area (TPSA) is 29.9 Å². The van der Waals surface area contributed by atoms with Gasteiger partial charge in [0.1, 0.15) is 5.67 Å². The van der Waals surface area contributed by atoms with E-state index in [1.807, 2.05) is 18.5 Å². The Morgan fingerprint density at radius 1 is 1.60 bits per heavy atom. The summed E-state index contributed by atoms with van der Waals surface area (Å²) in [5.41, 5.74) is 0.823. The zero-order valence-corrected chi connectivity index (χ0v) is 10.6. The predicted molar refractivity (Wildman–Crippen MR) is 60.8 cm³/mol. The van der Waals surface area contributed by atoms with Crippen molar-refractivity contribution in [1.82, 2.24) is 15.1 Å². The Morgan fingerprint density at radius 2 is 2.27 bits per heavy atom. The van der Waals surface area contributed by atoms with E-state index in [2.05, 4.69) is 26.3 Å². The molecule has 0 saturated carbocycles. The van der Waals surface area contributed by atoms with Crippen molar-refractivity contribution in [1.29, 1.82) is 0 Å². The molecule has 0 unspecified atom stereocenters. The van der Waals surface area contributed by atoms with Crippen LogP contribution in [0.3, 0.4) is 0 Å². The van der Waals surface area contributed by atoms with E-state index in [1.165, 1.54) is 0 Å². The van der Waals surface area contributed by atoms with Gasteiger partial charge in [-0.2, -0.15) is 5.10 Å². The zero-order chi connectivity index (χ0) is 11.1. The van der Waals surface area contributed by atoms with Gasteiger partial charge < -0.3 is 5.32 Å². The lowest BCUT2D eigenvalue weighted by Gasteiger charge is -2.35. The monoisotopic (exact) mass is 275 g/mol. The van der Waals surface area contributed by atoms with E-state index in [1.54, 1.807) is 0 Å². The summed E-state index contributed by atoms with van der Waals surface area (Å²) >= 11 is 3.48. The third kappa shape index (κ3) is 1.95. The van der Waals surface area contributed by atoms with Crippen LogP contribution < -0.4 is 5.32 Å². The minimum absolute atomic E-state index is 0.440. The molecule has 5 heteroatoms. The molecule has 3 nitrogen and oxygen atoms in total. The van der Waals surface area contributed by atoms with Gasteiger partial charge in [-0.15, -0.1) is 0 Å². The maximum absolute atomic E-state index is 14.0. The van der Waals surface area contributed by atoms with Crippen LogP contribution in [0.25, 0.3) is 0 Å². The second kappa shape index (κ2) is 3.87. The van der Waals surface area contributed by atoms with Crippen molar-refractivity contribution in [3.05, 3.63) is 15.9 Å². The van der Waals surface area contributed by atoms with E-state index in [0.29, 0.717) is 19.5 Å². The molecule has 0 bridgehead atoms. The third-order valence-corrected chi connectivity index (χ3v) is 3.85. The largest absolute Gasteiger partial charge is 0.310 e. The van der Waals surface area contributed by atoms with Gasteiger partial charge in [0.25, 0.3) is 0 Å². The van der Waals surface area contributed by atoms with Crippen LogP contribution in [0.5, 0.6) is 0 Å². The zero-order valence-electron chi connectivity index (χ0n) is 8.98. The van der Waals surface area contributed by atoms with Gasteiger partial charge in [0.2, 0.25) is 0 Å². The van der Waals surface area contributed by atoms with Gasteiger partial charge >= 0.3 is 0 Å². The Kier molecular flexibility index (Phi) is 2.85. The first-order valence-corrected chi connectivity index (χ1v) is 5.96. The summed E-state index contributed by atoms with van der Waals surface area (Å²) in [6, 6.07) is 0. The number of hydrogen-bond donors (Lipinski definition) is 1. The lowest BCUT2D eigenvalue weighted by atomic mass is 9.93. The molecule has 0 amide bonds. The number of halogens is 2. The van der Waals surface area contributed by atoms with Crippen LogP contribution in [0, 0.1) is 6.92 Å². The quantitative estimate of drug-likeness (QED) is 0.912. The average molecular weight is 276 g/mol. The molecule has 0 atom stereocenters. The second-order valence-electron chi connectivity index (χ2n) is 4.09. The summed E-state index contributed by atoms with van der Waals surface area (Å²) in [5, 5.41) is 7.32. The normalized spacial score (nSPS) is 18.9. The number of hydrogen-bond acceptors (Lipinski definition) is 2. The molecule has 2 rings (SSSR count). The minimum atomic E-state index is -1.08. The fourth-order valence-corrected chi connectivity index (χ4v) is 2.28. The number of nitrogens with zero attached hydrogens (tertiary/aromatic N) is 2. The van der Waals surface area contributed by atoms with Crippen molar-refractivity contribution in [3.8, 4) is 0 Å². The Bertz CT molecular complexity index is 371. The van der Waals surface area contributed by atoms with Crippen molar-refractivity contribution in [2.24, 2.45) is 0 Å². The third-order valence-electron chi connectivity index (χ3n) is 2.82. The molecule has 2 heterocycles. The number of alkyl halides is 1. The van der Waals surface area contributed by atoms with Crippen LogP contribution in [0.1, 0.15) is 18.3 Å². The number of aryl methyl sites for hydroxylation is 2. The lowest BCUT2D eigenvalue weighted by Crippen LogP contribution is -2.57. The average Bonchev–Trinajstić information content (AvgIpc) is 2.43. The SMILES string of the molecule is CCn1nc(C)c(Br)c1CC1(F)CNC1. The highest BCUT2D eigenvalue weighted by Gasteiger charge is 2.38. The first-order valence-electron chi connectivity index (χ1n) is 5.17. The first-order chi connectivity index (χ1) is 7.06. The summed E-state index contributed by atoms with van der Waals surface area (Å²) in [5.74, 6) is 0. The van der Waals surface area contributed by atoms with Gasteiger partial charge in [-0.05, 0) is 29.8 Å². The van der Waals surface area contributed by atoms with Crippen molar-refractivity contribution in [2.45, 2.75) is 32.5 Å². The fraction of sp³-hybridized carbons (Fsp3) is 0.700. The molecule has 1 aliphatic heterocycles. The fourth-order valence-electron chi connectivity index (χ4n) is 1.86. The van der Waals surface area contributed by atoms with Crippen molar-refractivity contribution in [2.75, 3.05) is 13.1 Å². The minimum Gasteiger partial charge on any atom is -0.310 e. The van der Waals surface area contributed by atoms with Gasteiger partial charge in [0.05, 0.1) is 15.9 Å². The van der Waals surface area contributed by atoms with Crippen molar-refractivity contribution in [3.63, 3.8) is 0 Å². The van der Waals surface area contributed by atoms with Gasteiger partial charge in [-0.25, -0.2) is 4.39 Å². The lowest BCUT2D eigenvalue weighted by molar-refractivity contribution is 0.0884. The molecule has 0 aliphatic carbocycles. The Morgan fingerprint density at radius 3 is 2.73 bits per heavy atom. The second-order valence-corrected chi connectivity index (χ2v) is 4.89. The molecule has 1 aromatic heterocycles. The van der Waals surface area contributed by atoms with E-state index in [-0.39, 0.29) is 0 Å². The van der Waals surface area contributed by atoms with Crippen LogP contribution >= 0.6 is 15.9 Å². The molecule has 0 aromatic carbocycles. The summed E-state index contributed by atoms with van der Waals surface area (Å²) in [7, 11) is 0. The Balaban J connectivity index is 2.26. The standard InChI is InChI=1S/C10H15BrFN3/c1-3-15-8(9(11)7(2)14-15)4-10(12)5-13-6-10/h13H,3-6H2,1-2H3. The molecule has 1 saturated heterocycles. The molecule has 1 aliphatic rings. The summed E-state index contributed by atoms with van der Waals surface area (Å²) in [6.07, 6.45) is 0.440. The van der Waals surface area contributed by atoms with Crippen molar-refractivity contribution < 1.29 is 4.39 Å². The highest BCUT2D eigenvalue weighted by Crippen LogP contribution is 2.28. The van der Waals surface area contributed by atoms with E-state index in [0.717, 1.165) is 22.4 Å². The van der Waals surface area contributed by atoms with Crippen LogP contribution in [0.15, 0.2) is 4.47 Å². The van der Waals surface area contributed by atoms with E-state index in [4.69, 9.17) is 0 Å². The van der Waals surface area contributed by atoms with E-state index >= 15 is 0 Å². The maximum Gasteiger partial charge on any atom is 0.141 e. The number of rotatable bonds is 3. The highest BCUT2D eigenvalue weighted by molar-refractivity contribution is 9.10. The van der Waals surface area contributed by atoms with Crippen LogP contribution in [-0.4, -0.2) is 28.5 Å². The molecule has 84 valence electrons. The molecule has 15 heavy (non-hydrogen) atoms. The van der Waals surface area contributed by atoms with Crippen LogP contribution in [0.2, 0.25) is 0 Å². The molecule has 1 fully saturated rings. The Hall–Kier alpha value is -0.420. The molecular weight excluding hydrogens is 261 g/mol. The number of aromatic nitrogens is 2. The maximum atomic E-state index is 14.0. The van der Waals surface area contributed by atoms with Crippen LogP contribution in [0.4, 0.5) is 4.39 Å².